The molecule has 19 heavy (non-hydrogen) atoms. The minimum atomic E-state index is 0.227. The lowest BCUT2D eigenvalue weighted by Gasteiger charge is -2.13. The van der Waals surface area contributed by atoms with Crippen LogP contribution in [-0.2, 0) is 11.3 Å². The van der Waals surface area contributed by atoms with Crippen molar-refractivity contribution in [3.8, 4) is 11.5 Å². The predicted octanol–water partition coefficient (Wildman–Crippen LogP) is 2.61. The fourth-order valence-electron chi connectivity index (χ4n) is 1.65. The number of nitrogens with one attached hydrogen (secondary N) is 1. The van der Waals surface area contributed by atoms with Gasteiger partial charge in [0.05, 0.1) is 19.8 Å². The molecule has 0 spiro atoms. The summed E-state index contributed by atoms with van der Waals surface area (Å²) in [4.78, 5) is 0. The molecule has 4 heteroatoms. The topological polar surface area (TPSA) is 39.7 Å². The highest BCUT2D eigenvalue weighted by Crippen LogP contribution is 2.28. The van der Waals surface area contributed by atoms with E-state index in [1.165, 1.54) is 5.56 Å². The molecule has 0 saturated carbocycles. The van der Waals surface area contributed by atoms with Gasteiger partial charge in [-0.25, -0.2) is 0 Å². The van der Waals surface area contributed by atoms with Crippen LogP contribution in [-0.4, -0.2) is 33.0 Å². The number of benzene rings is 1. The Morgan fingerprint density at radius 2 is 1.95 bits per heavy atom. The molecule has 0 aliphatic carbocycles. The summed E-state index contributed by atoms with van der Waals surface area (Å²) in [6.07, 6.45) is 0.227. The Labute approximate surface area is 116 Å². The maximum atomic E-state index is 5.72. The Kier molecular flexibility index (Phi) is 7.30. The van der Waals surface area contributed by atoms with Crippen LogP contribution in [0.3, 0.4) is 0 Å². The molecule has 1 aromatic rings. The first-order valence-electron chi connectivity index (χ1n) is 6.79. The van der Waals surface area contributed by atoms with E-state index in [0.29, 0.717) is 13.2 Å². The lowest BCUT2D eigenvalue weighted by Crippen LogP contribution is -2.13. The van der Waals surface area contributed by atoms with E-state index < -0.39 is 0 Å². The van der Waals surface area contributed by atoms with Gasteiger partial charge >= 0.3 is 0 Å². The standard InChI is InChI=1S/C15H25NO3/c1-5-16-11-13-6-7-14(17-4)15(10-13)19-9-8-18-12(2)3/h6-7,10,12,16H,5,8-9,11H2,1-4H3. The molecule has 0 amide bonds. The van der Waals surface area contributed by atoms with Crippen molar-refractivity contribution in [2.75, 3.05) is 26.9 Å². The van der Waals surface area contributed by atoms with Crippen molar-refractivity contribution in [2.24, 2.45) is 0 Å². The first-order valence-corrected chi connectivity index (χ1v) is 6.79. The van der Waals surface area contributed by atoms with Gasteiger partial charge in [0.15, 0.2) is 11.5 Å². The van der Waals surface area contributed by atoms with Crippen LogP contribution in [0.2, 0.25) is 0 Å². The minimum absolute atomic E-state index is 0.227. The molecule has 108 valence electrons. The molecule has 0 bridgehead atoms. The van der Waals surface area contributed by atoms with Gasteiger partial charge < -0.3 is 19.5 Å². The highest BCUT2D eigenvalue weighted by atomic mass is 16.5. The molecule has 0 atom stereocenters. The zero-order valence-electron chi connectivity index (χ0n) is 12.4. The monoisotopic (exact) mass is 267 g/mol. The molecule has 0 saturated heterocycles. The summed E-state index contributed by atoms with van der Waals surface area (Å²) in [6, 6.07) is 5.99. The minimum Gasteiger partial charge on any atom is -0.493 e. The Morgan fingerprint density at radius 1 is 1.16 bits per heavy atom. The molecule has 0 aliphatic rings. The van der Waals surface area contributed by atoms with E-state index in [2.05, 4.69) is 12.2 Å². The molecular weight excluding hydrogens is 242 g/mol. The molecule has 0 radical (unpaired) electrons. The van der Waals surface area contributed by atoms with Gasteiger partial charge in [0.1, 0.15) is 6.61 Å². The first kappa shape index (κ1) is 15.8. The number of hydrogen-bond donors (Lipinski definition) is 1. The summed E-state index contributed by atoms with van der Waals surface area (Å²) in [5.74, 6) is 1.52. The highest BCUT2D eigenvalue weighted by molar-refractivity contribution is 5.42. The summed E-state index contributed by atoms with van der Waals surface area (Å²) < 4.78 is 16.5. The molecular formula is C15H25NO3. The van der Waals surface area contributed by atoms with E-state index in [9.17, 15) is 0 Å². The molecule has 0 aromatic heterocycles. The van der Waals surface area contributed by atoms with Gasteiger partial charge in [-0.15, -0.1) is 0 Å². The Morgan fingerprint density at radius 3 is 2.58 bits per heavy atom. The maximum absolute atomic E-state index is 5.72. The second-order valence-electron chi connectivity index (χ2n) is 4.53. The summed E-state index contributed by atoms with van der Waals surface area (Å²) >= 11 is 0. The third-order valence-electron chi connectivity index (χ3n) is 2.60. The molecule has 1 aromatic carbocycles. The zero-order chi connectivity index (χ0) is 14.1. The Bertz CT molecular complexity index is 366. The van der Waals surface area contributed by atoms with Crippen LogP contribution < -0.4 is 14.8 Å². The van der Waals surface area contributed by atoms with Crippen molar-refractivity contribution in [3.05, 3.63) is 23.8 Å². The molecule has 1 rings (SSSR count). The third-order valence-corrected chi connectivity index (χ3v) is 2.60. The van der Waals surface area contributed by atoms with Crippen LogP contribution in [0, 0.1) is 0 Å². The number of rotatable bonds is 9. The van der Waals surface area contributed by atoms with E-state index in [4.69, 9.17) is 14.2 Å². The number of hydrogen-bond acceptors (Lipinski definition) is 4. The normalized spacial score (nSPS) is 10.8. The van der Waals surface area contributed by atoms with Crippen molar-refractivity contribution < 1.29 is 14.2 Å². The average molecular weight is 267 g/mol. The fourth-order valence-corrected chi connectivity index (χ4v) is 1.65. The Hall–Kier alpha value is -1.26. The van der Waals surface area contributed by atoms with Gasteiger partial charge in [-0.3, -0.25) is 0 Å². The molecule has 0 unspecified atom stereocenters. The molecule has 0 heterocycles. The van der Waals surface area contributed by atoms with Crippen LogP contribution in [0.15, 0.2) is 18.2 Å². The summed E-state index contributed by atoms with van der Waals surface area (Å²) in [5, 5.41) is 3.29. The van der Waals surface area contributed by atoms with Gasteiger partial charge in [0.2, 0.25) is 0 Å². The van der Waals surface area contributed by atoms with Crippen LogP contribution in [0.1, 0.15) is 26.3 Å². The van der Waals surface area contributed by atoms with Crippen LogP contribution in [0.4, 0.5) is 0 Å². The number of methoxy groups -OCH3 is 1. The zero-order valence-corrected chi connectivity index (χ0v) is 12.4. The SMILES string of the molecule is CCNCc1ccc(OC)c(OCCOC(C)C)c1. The summed E-state index contributed by atoms with van der Waals surface area (Å²) in [6.45, 7) is 9.00. The number of ether oxygens (including phenoxy) is 3. The predicted molar refractivity (Wildman–Crippen MR) is 77.0 cm³/mol. The first-order chi connectivity index (χ1) is 9.17. The average Bonchev–Trinajstić information content (AvgIpc) is 2.41. The van der Waals surface area contributed by atoms with Gasteiger partial charge in [0.25, 0.3) is 0 Å². The van der Waals surface area contributed by atoms with E-state index in [0.717, 1.165) is 24.6 Å². The molecule has 0 aliphatic heterocycles. The van der Waals surface area contributed by atoms with Crippen LogP contribution in [0.5, 0.6) is 11.5 Å². The maximum Gasteiger partial charge on any atom is 0.161 e. The quantitative estimate of drug-likeness (QED) is 0.698. The third kappa shape index (κ3) is 5.94. The van der Waals surface area contributed by atoms with E-state index in [-0.39, 0.29) is 6.10 Å². The van der Waals surface area contributed by atoms with Crippen LogP contribution >= 0.6 is 0 Å². The second kappa shape index (κ2) is 8.77. The molecule has 1 N–H and O–H groups in total. The van der Waals surface area contributed by atoms with E-state index in [1.54, 1.807) is 7.11 Å². The summed E-state index contributed by atoms with van der Waals surface area (Å²) in [7, 11) is 1.65. The van der Waals surface area contributed by atoms with Gasteiger partial charge in [0, 0.05) is 6.54 Å². The van der Waals surface area contributed by atoms with Gasteiger partial charge in [-0.2, -0.15) is 0 Å². The summed E-state index contributed by atoms with van der Waals surface area (Å²) in [5.41, 5.74) is 1.18. The van der Waals surface area contributed by atoms with Gasteiger partial charge in [-0.05, 0) is 38.1 Å². The van der Waals surface area contributed by atoms with E-state index >= 15 is 0 Å². The van der Waals surface area contributed by atoms with Crippen molar-refractivity contribution >= 4 is 0 Å². The van der Waals surface area contributed by atoms with Crippen molar-refractivity contribution in [1.29, 1.82) is 0 Å². The fraction of sp³-hybridized carbons (Fsp3) is 0.600. The smallest absolute Gasteiger partial charge is 0.161 e. The van der Waals surface area contributed by atoms with Crippen molar-refractivity contribution in [3.63, 3.8) is 0 Å². The highest BCUT2D eigenvalue weighted by Gasteiger charge is 2.06. The second-order valence-corrected chi connectivity index (χ2v) is 4.53. The largest absolute Gasteiger partial charge is 0.493 e. The molecule has 0 fully saturated rings. The van der Waals surface area contributed by atoms with E-state index in [1.807, 2.05) is 32.0 Å². The lowest BCUT2D eigenvalue weighted by molar-refractivity contribution is 0.0546. The Balaban J connectivity index is 2.57. The lowest BCUT2D eigenvalue weighted by atomic mass is 10.2. The van der Waals surface area contributed by atoms with Crippen LogP contribution in [0.25, 0.3) is 0 Å². The molecule has 4 nitrogen and oxygen atoms in total. The van der Waals surface area contributed by atoms with Crippen molar-refractivity contribution in [2.45, 2.75) is 33.4 Å². The van der Waals surface area contributed by atoms with Gasteiger partial charge in [-0.1, -0.05) is 13.0 Å². The van der Waals surface area contributed by atoms with Crippen molar-refractivity contribution in [1.82, 2.24) is 5.32 Å².